The standard InChI is InChI=1S/C26H27ClN4O6S/c1-17-22(27)8-5-9-23(17)31(16-24(32)28-15-18-6-4-7-19(14-18)25(33)34)38(36,37)21-12-10-20(11-13-21)29-26(35)30(2)3/h4-14H,15-16H2,1-3H3,(H,28,32)(H,29,35)(H,33,34). The number of carbonyl (C=O) groups excluding carboxylic acids is 2. The zero-order valence-corrected chi connectivity index (χ0v) is 22.5. The molecule has 0 spiro atoms. The van der Waals surface area contributed by atoms with Crippen molar-refractivity contribution < 1.29 is 27.9 Å². The van der Waals surface area contributed by atoms with E-state index in [-0.39, 0.29) is 28.7 Å². The Morgan fingerprint density at radius 1 is 0.974 bits per heavy atom. The SMILES string of the molecule is Cc1c(Cl)cccc1N(CC(=O)NCc1cccc(C(=O)O)c1)S(=O)(=O)c1ccc(NC(=O)N(C)C)cc1. The third kappa shape index (κ3) is 6.81. The number of sulfonamides is 1. The highest BCUT2D eigenvalue weighted by Crippen LogP contribution is 2.31. The third-order valence-corrected chi connectivity index (χ3v) is 7.74. The van der Waals surface area contributed by atoms with Crippen LogP contribution in [0.4, 0.5) is 16.2 Å². The molecule has 0 bridgehead atoms. The van der Waals surface area contributed by atoms with E-state index in [1.165, 1.54) is 41.3 Å². The van der Waals surface area contributed by atoms with Crippen LogP contribution in [0.3, 0.4) is 0 Å². The Morgan fingerprint density at radius 3 is 2.26 bits per heavy atom. The molecule has 0 aromatic heterocycles. The second-order valence-corrected chi connectivity index (χ2v) is 10.8. The lowest BCUT2D eigenvalue weighted by atomic mass is 10.1. The quantitative estimate of drug-likeness (QED) is 0.364. The van der Waals surface area contributed by atoms with Crippen molar-refractivity contribution in [3.05, 3.63) is 88.4 Å². The van der Waals surface area contributed by atoms with Crippen molar-refractivity contribution in [3.63, 3.8) is 0 Å². The van der Waals surface area contributed by atoms with Gasteiger partial charge in [-0.25, -0.2) is 18.0 Å². The number of carbonyl (C=O) groups is 3. The number of aromatic carboxylic acids is 1. The average molecular weight is 559 g/mol. The highest BCUT2D eigenvalue weighted by Gasteiger charge is 2.29. The third-order valence-electron chi connectivity index (χ3n) is 5.56. The molecule has 0 radical (unpaired) electrons. The van der Waals surface area contributed by atoms with Gasteiger partial charge in [-0.2, -0.15) is 0 Å². The number of carboxylic acid groups (broad SMARTS) is 1. The van der Waals surface area contributed by atoms with Crippen LogP contribution in [0, 0.1) is 6.92 Å². The topological polar surface area (TPSA) is 136 Å². The van der Waals surface area contributed by atoms with Crippen molar-refractivity contribution >= 4 is 50.9 Å². The van der Waals surface area contributed by atoms with E-state index >= 15 is 0 Å². The summed E-state index contributed by atoms with van der Waals surface area (Å²) in [5, 5.41) is 14.8. The summed E-state index contributed by atoms with van der Waals surface area (Å²) in [4.78, 5) is 37.3. The molecule has 10 nitrogen and oxygen atoms in total. The number of anilines is 2. The Kier molecular flexibility index (Phi) is 8.97. The van der Waals surface area contributed by atoms with Gasteiger partial charge in [0.05, 0.1) is 16.1 Å². The van der Waals surface area contributed by atoms with Crippen molar-refractivity contribution in [2.75, 3.05) is 30.3 Å². The van der Waals surface area contributed by atoms with Gasteiger partial charge in [-0.15, -0.1) is 0 Å². The Morgan fingerprint density at radius 2 is 1.63 bits per heavy atom. The van der Waals surface area contributed by atoms with Crippen LogP contribution in [-0.2, 0) is 21.4 Å². The van der Waals surface area contributed by atoms with Gasteiger partial charge in [-0.1, -0.05) is 29.8 Å². The maximum atomic E-state index is 13.7. The van der Waals surface area contributed by atoms with Gasteiger partial charge in [0, 0.05) is 31.4 Å². The van der Waals surface area contributed by atoms with E-state index in [4.69, 9.17) is 16.7 Å². The first-order valence-electron chi connectivity index (χ1n) is 11.4. The van der Waals surface area contributed by atoms with Crippen LogP contribution in [-0.4, -0.2) is 57.0 Å². The number of nitrogens with zero attached hydrogens (tertiary/aromatic N) is 2. The number of carboxylic acids is 1. The monoisotopic (exact) mass is 558 g/mol. The van der Waals surface area contributed by atoms with Crippen molar-refractivity contribution in [2.24, 2.45) is 0 Å². The average Bonchev–Trinajstić information content (AvgIpc) is 2.88. The first-order chi connectivity index (χ1) is 17.9. The molecule has 38 heavy (non-hydrogen) atoms. The summed E-state index contributed by atoms with van der Waals surface area (Å²) in [5.41, 5.74) is 1.71. The lowest BCUT2D eigenvalue weighted by Crippen LogP contribution is -2.41. The maximum absolute atomic E-state index is 13.7. The lowest BCUT2D eigenvalue weighted by Gasteiger charge is -2.26. The van der Waals surface area contributed by atoms with Crippen LogP contribution in [0.15, 0.2) is 71.6 Å². The summed E-state index contributed by atoms with van der Waals surface area (Å²) in [7, 11) is -1.08. The van der Waals surface area contributed by atoms with E-state index in [1.54, 1.807) is 51.4 Å². The Balaban J connectivity index is 1.88. The summed E-state index contributed by atoms with van der Waals surface area (Å²) in [6, 6.07) is 16.0. The van der Waals surface area contributed by atoms with Gasteiger partial charge < -0.3 is 20.6 Å². The molecule has 0 heterocycles. The molecular weight excluding hydrogens is 532 g/mol. The minimum Gasteiger partial charge on any atom is -0.478 e. The molecule has 3 amide bonds. The van der Waals surface area contributed by atoms with Gasteiger partial charge in [-0.05, 0) is 66.6 Å². The predicted molar refractivity (Wildman–Crippen MR) is 145 cm³/mol. The van der Waals surface area contributed by atoms with Crippen LogP contribution < -0.4 is 14.9 Å². The molecule has 0 saturated carbocycles. The van der Waals surface area contributed by atoms with Crippen LogP contribution >= 0.6 is 11.6 Å². The van der Waals surface area contributed by atoms with E-state index < -0.39 is 28.4 Å². The molecular formula is C26H27ClN4O6S. The Bertz CT molecular complexity index is 1460. The molecule has 0 saturated heterocycles. The van der Waals surface area contributed by atoms with Crippen molar-refractivity contribution in [3.8, 4) is 0 Å². The second-order valence-electron chi connectivity index (χ2n) is 8.53. The van der Waals surface area contributed by atoms with E-state index in [2.05, 4.69) is 10.6 Å². The number of halogens is 1. The maximum Gasteiger partial charge on any atom is 0.335 e. The molecule has 200 valence electrons. The second kappa shape index (κ2) is 12.0. The summed E-state index contributed by atoms with van der Waals surface area (Å²) in [6.45, 7) is 1.10. The van der Waals surface area contributed by atoms with Gasteiger partial charge >= 0.3 is 12.0 Å². The molecule has 0 fully saturated rings. The van der Waals surface area contributed by atoms with E-state index in [1.807, 2.05) is 0 Å². The number of benzene rings is 3. The van der Waals surface area contributed by atoms with Gasteiger partial charge in [0.25, 0.3) is 10.0 Å². The van der Waals surface area contributed by atoms with E-state index in [0.717, 1.165) is 4.31 Å². The highest BCUT2D eigenvalue weighted by molar-refractivity contribution is 7.92. The number of amides is 3. The minimum absolute atomic E-state index is 0.00262. The fourth-order valence-corrected chi connectivity index (χ4v) is 5.09. The minimum atomic E-state index is -4.24. The zero-order valence-electron chi connectivity index (χ0n) is 20.9. The van der Waals surface area contributed by atoms with Crippen LogP contribution in [0.25, 0.3) is 0 Å². The fraction of sp³-hybridized carbons (Fsp3) is 0.192. The van der Waals surface area contributed by atoms with E-state index in [0.29, 0.717) is 21.8 Å². The number of urea groups is 1. The molecule has 0 aliphatic carbocycles. The summed E-state index contributed by atoms with van der Waals surface area (Å²) < 4.78 is 28.4. The predicted octanol–water partition coefficient (Wildman–Crippen LogP) is 3.95. The number of nitrogens with one attached hydrogen (secondary N) is 2. The molecule has 0 atom stereocenters. The van der Waals surface area contributed by atoms with Gasteiger partial charge in [0.15, 0.2) is 0 Å². The largest absolute Gasteiger partial charge is 0.478 e. The molecule has 0 aliphatic heterocycles. The summed E-state index contributed by atoms with van der Waals surface area (Å²) >= 11 is 6.25. The smallest absolute Gasteiger partial charge is 0.335 e. The van der Waals surface area contributed by atoms with Crippen LogP contribution in [0.5, 0.6) is 0 Å². The van der Waals surface area contributed by atoms with Crippen molar-refractivity contribution in [1.29, 1.82) is 0 Å². The molecule has 12 heteroatoms. The summed E-state index contributed by atoms with van der Waals surface area (Å²) in [6.07, 6.45) is 0. The van der Waals surface area contributed by atoms with Crippen molar-refractivity contribution in [2.45, 2.75) is 18.4 Å². The van der Waals surface area contributed by atoms with Crippen LogP contribution in [0.1, 0.15) is 21.5 Å². The molecule has 3 rings (SSSR count). The van der Waals surface area contributed by atoms with Crippen molar-refractivity contribution in [1.82, 2.24) is 10.2 Å². The highest BCUT2D eigenvalue weighted by atomic mass is 35.5. The molecule has 0 aliphatic rings. The Hall–Kier alpha value is -4.09. The van der Waals surface area contributed by atoms with Gasteiger partial charge in [0.1, 0.15) is 6.54 Å². The number of rotatable bonds is 9. The lowest BCUT2D eigenvalue weighted by molar-refractivity contribution is -0.119. The first kappa shape index (κ1) is 28.5. The fourth-order valence-electron chi connectivity index (χ4n) is 3.44. The molecule has 0 unspecified atom stereocenters. The van der Waals surface area contributed by atoms with Gasteiger partial charge in [-0.3, -0.25) is 9.10 Å². The Labute approximate surface area is 225 Å². The van der Waals surface area contributed by atoms with Gasteiger partial charge in [0.2, 0.25) is 5.91 Å². The van der Waals surface area contributed by atoms with Crippen LogP contribution in [0.2, 0.25) is 5.02 Å². The molecule has 3 N–H and O–H groups in total. The normalized spacial score (nSPS) is 10.9. The number of hydrogen-bond donors (Lipinski definition) is 3. The van der Waals surface area contributed by atoms with E-state index in [9.17, 15) is 22.8 Å². The molecule has 3 aromatic rings. The number of hydrogen-bond acceptors (Lipinski definition) is 5. The molecule has 3 aromatic carbocycles. The summed E-state index contributed by atoms with van der Waals surface area (Å²) in [5.74, 6) is -1.71. The first-order valence-corrected chi connectivity index (χ1v) is 13.2. The zero-order chi connectivity index (χ0) is 28.0.